The molecule has 0 spiro atoms. The van der Waals surface area contributed by atoms with Crippen molar-refractivity contribution in [2.24, 2.45) is 17.1 Å². The lowest BCUT2D eigenvalue weighted by atomic mass is 9.56. The summed E-state index contributed by atoms with van der Waals surface area (Å²) in [7, 11) is 0. The molecule has 26 heavy (non-hydrogen) atoms. The molecule has 0 saturated heterocycles. The van der Waals surface area contributed by atoms with Gasteiger partial charge in [-0.05, 0) is 51.5 Å². The normalized spacial score (nSPS) is 24.1. The molecule has 6 heteroatoms. The molecule has 132 valence electrons. The number of fused-ring (bicyclic) bond motifs is 1. The van der Waals surface area contributed by atoms with Crippen molar-refractivity contribution in [3.8, 4) is 18.2 Å². The van der Waals surface area contributed by atoms with Crippen LogP contribution in [0.15, 0.2) is 22.9 Å². The Morgan fingerprint density at radius 3 is 2.54 bits per heavy atom. The summed E-state index contributed by atoms with van der Waals surface area (Å²) in [6.07, 6.45) is 4.74. The molecule has 3 rings (SSSR count). The maximum Gasteiger partial charge on any atom is 0.191 e. The molecule has 1 aromatic heterocycles. The highest BCUT2D eigenvalue weighted by Crippen LogP contribution is 2.56. The summed E-state index contributed by atoms with van der Waals surface area (Å²) in [4.78, 5) is 0. The first-order valence-electron chi connectivity index (χ1n) is 8.93. The SMILES string of the molecule is CCn1nc(C)c([C@H]2[C@@H]3CCCC=C3C(C#N)=C(N)C2(C#N)C#N)c1C. The Morgan fingerprint density at radius 2 is 2.00 bits per heavy atom. The van der Waals surface area contributed by atoms with E-state index in [1.807, 2.05) is 25.5 Å². The molecule has 0 fully saturated rings. The fourth-order valence-electron chi connectivity index (χ4n) is 4.65. The molecule has 0 amide bonds. The Bertz CT molecular complexity index is 927. The molecular weight excluding hydrogens is 324 g/mol. The van der Waals surface area contributed by atoms with Gasteiger partial charge in [0.1, 0.15) is 6.07 Å². The van der Waals surface area contributed by atoms with Crippen molar-refractivity contribution in [1.29, 1.82) is 15.8 Å². The smallest absolute Gasteiger partial charge is 0.191 e. The van der Waals surface area contributed by atoms with Gasteiger partial charge in [-0.3, -0.25) is 4.68 Å². The van der Waals surface area contributed by atoms with E-state index in [0.29, 0.717) is 12.1 Å². The van der Waals surface area contributed by atoms with Gasteiger partial charge in [0, 0.05) is 23.7 Å². The Hall–Kier alpha value is -3.04. The Kier molecular flexibility index (Phi) is 4.34. The van der Waals surface area contributed by atoms with Crippen LogP contribution < -0.4 is 5.73 Å². The number of hydrogen-bond donors (Lipinski definition) is 1. The van der Waals surface area contributed by atoms with Crippen LogP contribution in [-0.4, -0.2) is 9.78 Å². The van der Waals surface area contributed by atoms with Crippen molar-refractivity contribution in [2.75, 3.05) is 0 Å². The molecule has 0 unspecified atom stereocenters. The number of rotatable bonds is 2. The fraction of sp³-hybridized carbons (Fsp3) is 0.500. The number of nitriles is 3. The van der Waals surface area contributed by atoms with Gasteiger partial charge in [0.25, 0.3) is 0 Å². The van der Waals surface area contributed by atoms with E-state index in [9.17, 15) is 15.8 Å². The second kappa shape index (κ2) is 6.36. The molecular formula is C20H22N6. The molecule has 0 aromatic carbocycles. The fourth-order valence-corrected chi connectivity index (χ4v) is 4.65. The van der Waals surface area contributed by atoms with E-state index in [-0.39, 0.29) is 11.6 Å². The quantitative estimate of drug-likeness (QED) is 0.883. The zero-order valence-electron chi connectivity index (χ0n) is 15.4. The maximum absolute atomic E-state index is 10.1. The van der Waals surface area contributed by atoms with Crippen molar-refractivity contribution in [1.82, 2.24) is 9.78 Å². The topological polar surface area (TPSA) is 115 Å². The van der Waals surface area contributed by atoms with Gasteiger partial charge in [-0.25, -0.2) is 0 Å². The van der Waals surface area contributed by atoms with E-state index in [1.54, 1.807) is 0 Å². The third-order valence-electron chi connectivity index (χ3n) is 5.85. The first-order chi connectivity index (χ1) is 12.5. The average molecular weight is 346 g/mol. The zero-order chi connectivity index (χ0) is 19.1. The summed E-state index contributed by atoms with van der Waals surface area (Å²) >= 11 is 0. The summed E-state index contributed by atoms with van der Waals surface area (Å²) in [5, 5.41) is 34.4. The molecule has 0 aliphatic heterocycles. The van der Waals surface area contributed by atoms with Gasteiger partial charge in [-0.15, -0.1) is 0 Å². The van der Waals surface area contributed by atoms with Gasteiger partial charge in [0.05, 0.1) is 29.1 Å². The predicted octanol–water partition coefficient (Wildman–Crippen LogP) is 3.11. The highest BCUT2D eigenvalue weighted by atomic mass is 15.3. The lowest BCUT2D eigenvalue weighted by Gasteiger charge is -2.43. The van der Waals surface area contributed by atoms with Crippen molar-refractivity contribution in [3.63, 3.8) is 0 Å². The van der Waals surface area contributed by atoms with E-state index in [1.165, 1.54) is 0 Å². The minimum Gasteiger partial charge on any atom is -0.399 e. The molecule has 2 aliphatic carbocycles. The van der Waals surface area contributed by atoms with Crippen LogP contribution >= 0.6 is 0 Å². The van der Waals surface area contributed by atoms with Crippen LogP contribution in [0.5, 0.6) is 0 Å². The number of allylic oxidation sites excluding steroid dienone is 4. The van der Waals surface area contributed by atoms with Crippen LogP contribution in [-0.2, 0) is 6.54 Å². The van der Waals surface area contributed by atoms with Crippen molar-refractivity contribution in [2.45, 2.75) is 52.5 Å². The monoisotopic (exact) mass is 346 g/mol. The maximum atomic E-state index is 10.1. The highest BCUT2D eigenvalue weighted by molar-refractivity contribution is 5.59. The number of hydrogen-bond acceptors (Lipinski definition) is 5. The van der Waals surface area contributed by atoms with Crippen LogP contribution in [0.2, 0.25) is 0 Å². The van der Waals surface area contributed by atoms with E-state index in [0.717, 1.165) is 41.8 Å². The molecule has 2 N–H and O–H groups in total. The first-order valence-corrected chi connectivity index (χ1v) is 8.93. The second-order valence-electron chi connectivity index (χ2n) is 7.01. The molecule has 0 saturated carbocycles. The largest absolute Gasteiger partial charge is 0.399 e. The molecule has 2 atom stereocenters. The van der Waals surface area contributed by atoms with Gasteiger partial charge in [-0.1, -0.05) is 6.08 Å². The third kappa shape index (κ3) is 2.18. The molecule has 0 radical (unpaired) electrons. The summed E-state index contributed by atoms with van der Waals surface area (Å²) in [5.41, 5.74) is 8.75. The van der Waals surface area contributed by atoms with Crippen LogP contribution in [0.3, 0.4) is 0 Å². The van der Waals surface area contributed by atoms with Crippen LogP contribution in [0, 0.1) is 59.2 Å². The minimum absolute atomic E-state index is 0.0723. The van der Waals surface area contributed by atoms with E-state index < -0.39 is 11.3 Å². The van der Waals surface area contributed by atoms with Crippen molar-refractivity contribution >= 4 is 0 Å². The van der Waals surface area contributed by atoms with Gasteiger partial charge in [0.2, 0.25) is 0 Å². The molecule has 0 bridgehead atoms. The van der Waals surface area contributed by atoms with Crippen molar-refractivity contribution < 1.29 is 0 Å². The van der Waals surface area contributed by atoms with Crippen LogP contribution in [0.25, 0.3) is 0 Å². The lowest BCUT2D eigenvalue weighted by Crippen LogP contribution is -2.43. The van der Waals surface area contributed by atoms with Gasteiger partial charge < -0.3 is 5.73 Å². The van der Waals surface area contributed by atoms with Crippen LogP contribution in [0.4, 0.5) is 0 Å². The molecule has 2 aliphatic rings. The Morgan fingerprint density at radius 1 is 1.31 bits per heavy atom. The standard InChI is InChI=1S/C20H22N6/c1-4-26-13(3)17(12(2)25-26)18-15-8-6-5-7-14(15)16(9-21)19(24)20(18,10-22)11-23/h7,15,18H,4-6,8,24H2,1-3H3/t15-,18-/m1/s1. The summed E-state index contributed by atoms with van der Waals surface area (Å²) in [6, 6.07) is 6.53. The Balaban J connectivity index is 2.39. The molecule has 1 aromatic rings. The summed E-state index contributed by atoms with van der Waals surface area (Å²) in [6.45, 7) is 6.62. The zero-order valence-corrected chi connectivity index (χ0v) is 15.4. The van der Waals surface area contributed by atoms with Gasteiger partial charge in [0.15, 0.2) is 5.41 Å². The van der Waals surface area contributed by atoms with E-state index in [4.69, 9.17) is 5.73 Å². The van der Waals surface area contributed by atoms with E-state index in [2.05, 4.69) is 29.4 Å². The summed E-state index contributed by atoms with van der Waals surface area (Å²) in [5.74, 6) is -0.488. The lowest BCUT2D eigenvalue weighted by molar-refractivity contribution is 0.315. The van der Waals surface area contributed by atoms with E-state index >= 15 is 0 Å². The average Bonchev–Trinajstić information content (AvgIpc) is 2.94. The number of nitrogens with zero attached hydrogens (tertiary/aromatic N) is 5. The molecule has 6 nitrogen and oxygen atoms in total. The highest BCUT2D eigenvalue weighted by Gasteiger charge is 2.55. The number of aryl methyl sites for hydroxylation is 2. The number of nitrogens with two attached hydrogens (primary N) is 1. The van der Waals surface area contributed by atoms with Gasteiger partial charge in [-0.2, -0.15) is 20.9 Å². The second-order valence-corrected chi connectivity index (χ2v) is 7.01. The van der Waals surface area contributed by atoms with Crippen LogP contribution in [0.1, 0.15) is 49.1 Å². The Labute approximate surface area is 153 Å². The number of aromatic nitrogens is 2. The predicted molar refractivity (Wildman–Crippen MR) is 96.0 cm³/mol. The molecule has 1 heterocycles. The summed E-state index contributed by atoms with van der Waals surface area (Å²) < 4.78 is 1.90. The third-order valence-corrected chi connectivity index (χ3v) is 5.85. The van der Waals surface area contributed by atoms with Crippen molar-refractivity contribution in [3.05, 3.63) is 39.9 Å². The minimum atomic E-state index is -1.55. The van der Waals surface area contributed by atoms with Gasteiger partial charge >= 0.3 is 0 Å². The first kappa shape index (κ1) is 17.8.